The minimum absolute atomic E-state index is 0.282. The Balaban J connectivity index is 2.18. The molecule has 106 valence electrons. The first-order valence-corrected chi connectivity index (χ1v) is 5.89. The van der Waals surface area contributed by atoms with Crippen molar-refractivity contribution in [2.45, 2.75) is 6.18 Å². The largest absolute Gasteiger partial charge is 0.405 e. The van der Waals surface area contributed by atoms with Crippen LogP contribution in [0.4, 0.5) is 23.7 Å². The van der Waals surface area contributed by atoms with Crippen LogP contribution < -0.4 is 10.6 Å². The van der Waals surface area contributed by atoms with Gasteiger partial charge in [0.2, 0.25) is 0 Å². The Labute approximate surface area is 116 Å². The minimum atomic E-state index is -4.46. The average Bonchev–Trinajstić information content (AvgIpc) is 2.39. The van der Waals surface area contributed by atoms with Crippen molar-refractivity contribution < 1.29 is 18.0 Å². The van der Waals surface area contributed by atoms with Crippen LogP contribution in [0.25, 0.3) is 10.9 Å². The summed E-state index contributed by atoms with van der Waals surface area (Å²) in [6.45, 7) is -1.40. The number of urea groups is 1. The number of nitrogens with one attached hydrogen (secondary N) is 2. The second-order valence-electron chi connectivity index (χ2n) is 3.92. The number of alkyl halides is 3. The molecule has 0 aliphatic rings. The van der Waals surface area contributed by atoms with Gasteiger partial charge in [-0.05, 0) is 24.3 Å². The Morgan fingerprint density at radius 3 is 2.75 bits per heavy atom. The number of hydrogen-bond acceptors (Lipinski definition) is 2. The number of hydrogen-bond donors (Lipinski definition) is 2. The highest BCUT2D eigenvalue weighted by Gasteiger charge is 2.27. The number of aromatic nitrogens is 1. The molecule has 2 amide bonds. The summed E-state index contributed by atoms with van der Waals surface area (Å²) in [6, 6.07) is 5.41. The quantitative estimate of drug-likeness (QED) is 0.891. The Kier molecular flexibility index (Phi) is 3.99. The molecule has 0 saturated heterocycles. The van der Waals surface area contributed by atoms with E-state index in [1.807, 2.05) is 0 Å². The predicted molar refractivity (Wildman–Crippen MR) is 69.8 cm³/mol. The van der Waals surface area contributed by atoms with Gasteiger partial charge in [-0.25, -0.2) is 4.79 Å². The first kappa shape index (κ1) is 14.4. The van der Waals surface area contributed by atoms with E-state index in [2.05, 4.69) is 10.3 Å². The smallest absolute Gasteiger partial charge is 0.329 e. The van der Waals surface area contributed by atoms with E-state index in [1.54, 1.807) is 17.4 Å². The maximum absolute atomic E-state index is 12.0. The molecular weight excluding hydrogens is 295 g/mol. The van der Waals surface area contributed by atoms with Gasteiger partial charge < -0.3 is 10.6 Å². The zero-order chi connectivity index (χ0) is 14.8. The summed E-state index contributed by atoms with van der Waals surface area (Å²) in [5, 5.41) is 5.07. The van der Waals surface area contributed by atoms with Crippen molar-refractivity contribution in [3.63, 3.8) is 0 Å². The average molecular weight is 304 g/mol. The number of benzene rings is 1. The van der Waals surface area contributed by atoms with Crippen LogP contribution in [-0.4, -0.2) is 23.7 Å². The first-order chi connectivity index (χ1) is 9.37. The van der Waals surface area contributed by atoms with Crippen LogP contribution in [0.3, 0.4) is 0 Å². The maximum Gasteiger partial charge on any atom is 0.405 e. The molecule has 0 aliphatic carbocycles. The second kappa shape index (κ2) is 5.54. The minimum Gasteiger partial charge on any atom is -0.329 e. The fraction of sp³-hybridized carbons (Fsp3) is 0.167. The molecule has 0 atom stereocenters. The number of halogens is 4. The van der Waals surface area contributed by atoms with Crippen LogP contribution in [0.15, 0.2) is 30.5 Å². The number of carbonyl (C=O) groups excluding carboxylic acids is 1. The van der Waals surface area contributed by atoms with Gasteiger partial charge in [-0.3, -0.25) is 4.98 Å². The highest BCUT2D eigenvalue weighted by atomic mass is 35.5. The Bertz CT molecular complexity index is 645. The van der Waals surface area contributed by atoms with Gasteiger partial charge in [0.05, 0.1) is 16.2 Å². The second-order valence-corrected chi connectivity index (χ2v) is 4.32. The molecule has 0 saturated carbocycles. The molecule has 0 aliphatic heterocycles. The topological polar surface area (TPSA) is 54.0 Å². The fourth-order valence-corrected chi connectivity index (χ4v) is 1.80. The van der Waals surface area contributed by atoms with E-state index < -0.39 is 18.8 Å². The van der Waals surface area contributed by atoms with Gasteiger partial charge in [0.15, 0.2) is 0 Å². The summed E-state index contributed by atoms with van der Waals surface area (Å²) < 4.78 is 36.0. The van der Waals surface area contributed by atoms with Gasteiger partial charge in [0.1, 0.15) is 6.54 Å². The molecule has 2 rings (SSSR count). The van der Waals surface area contributed by atoms with Crippen LogP contribution in [0.1, 0.15) is 0 Å². The predicted octanol–water partition coefficient (Wildman–Crippen LogP) is 3.57. The Hall–Kier alpha value is -2.02. The summed E-state index contributed by atoms with van der Waals surface area (Å²) in [4.78, 5) is 15.5. The number of pyridine rings is 1. The van der Waals surface area contributed by atoms with E-state index in [1.165, 1.54) is 18.3 Å². The molecule has 2 aromatic rings. The van der Waals surface area contributed by atoms with Crippen molar-refractivity contribution in [1.82, 2.24) is 10.3 Å². The monoisotopic (exact) mass is 303 g/mol. The number of anilines is 1. The summed E-state index contributed by atoms with van der Waals surface area (Å²) in [5.41, 5.74) is 0.687. The summed E-state index contributed by atoms with van der Waals surface area (Å²) in [5.74, 6) is 0. The van der Waals surface area contributed by atoms with Gasteiger partial charge in [-0.15, -0.1) is 0 Å². The molecule has 0 fully saturated rings. The van der Waals surface area contributed by atoms with Gasteiger partial charge >= 0.3 is 12.2 Å². The molecular formula is C12H9ClF3N3O. The lowest BCUT2D eigenvalue weighted by molar-refractivity contribution is -0.122. The van der Waals surface area contributed by atoms with Crippen molar-refractivity contribution in [2.75, 3.05) is 11.9 Å². The lowest BCUT2D eigenvalue weighted by Crippen LogP contribution is -2.36. The lowest BCUT2D eigenvalue weighted by atomic mass is 10.2. The summed E-state index contributed by atoms with van der Waals surface area (Å²) in [7, 11) is 0. The van der Waals surface area contributed by atoms with E-state index in [4.69, 9.17) is 11.6 Å². The third kappa shape index (κ3) is 3.51. The van der Waals surface area contributed by atoms with Crippen molar-refractivity contribution in [2.24, 2.45) is 0 Å². The number of nitrogens with zero attached hydrogens (tertiary/aromatic N) is 1. The van der Waals surface area contributed by atoms with Crippen LogP contribution in [0.2, 0.25) is 5.02 Å². The number of rotatable bonds is 2. The van der Waals surface area contributed by atoms with E-state index in [-0.39, 0.29) is 5.69 Å². The molecule has 4 nitrogen and oxygen atoms in total. The molecule has 0 unspecified atom stereocenters. The highest BCUT2D eigenvalue weighted by Crippen LogP contribution is 2.27. The van der Waals surface area contributed by atoms with Crippen LogP contribution >= 0.6 is 11.6 Å². The number of amides is 2. The van der Waals surface area contributed by atoms with E-state index in [0.29, 0.717) is 15.9 Å². The maximum atomic E-state index is 12.0. The van der Waals surface area contributed by atoms with Crippen molar-refractivity contribution in [3.8, 4) is 0 Å². The molecule has 0 spiro atoms. The standard InChI is InChI=1S/C12H9ClF3N3O/c13-8-3-4-9(10-7(8)2-1-5-17-10)19-11(20)18-6-12(14,15)16/h1-5H,6H2,(H2,18,19,20). The third-order valence-corrected chi connectivity index (χ3v) is 2.74. The summed E-state index contributed by atoms with van der Waals surface area (Å²) >= 11 is 5.97. The molecule has 20 heavy (non-hydrogen) atoms. The zero-order valence-corrected chi connectivity index (χ0v) is 10.7. The van der Waals surface area contributed by atoms with Gasteiger partial charge in [0.25, 0.3) is 0 Å². The molecule has 8 heteroatoms. The zero-order valence-electron chi connectivity index (χ0n) is 9.96. The van der Waals surface area contributed by atoms with Gasteiger partial charge in [-0.1, -0.05) is 11.6 Å². The Morgan fingerprint density at radius 2 is 2.05 bits per heavy atom. The molecule has 2 N–H and O–H groups in total. The number of carbonyl (C=O) groups is 1. The van der Waals surface area contributed by atoms with Gasteiger partial charge in [0, 0.05) is 11.6 Å². The van der Waals surface area contributed by atoms with Crippen LogP contribution in [0, 0.1) is 0 Å². The number of fused-ring (bicyclic) bond motifs is 1. The highest BCUT2D eigenvalue weighted by molar-refractivity contribution is 6.35. The lowest BCUT2D eigenvalue weighted by Gasteiger charge is -2.11. The summed E-state index contributed by atoms with van der Waals surface area (Å²) in [6.07, 6.45) is -2.96. The van der Waals surface area contributed by atoms with Crippen molar-refractivity contribution in [3.05, 3.63) is 35.5 Å². The van der Waals surface area contributed by atoms with Gasteiger partial charge in [-0.2, -0.15) is 13.2 Å². The van der Waals surface area contributed by atoms with E-state index in [0.717, 1.165) is 0 Å². The molecule has 1 aromatic heterocycles. The van der Waals surface area contributed by atoms with E-state index >= 15 is 0 Å². The molecule has 0 radical (unpaired) electrons. The normalized spacial score (nSPS) is 11.4. The third-order valence-electron chi connectivity index (χ3n) is 2.41. The van der Waals surface area contributed by atoms with Crippen LogP contribution in [-0.2, 0) is 0 Å². The van der Waals surface area contributed by atoms with Crippen molar-refractivity contribution in [1.29, 1.82) is 0 Å². The molecule has 0 bridgehead atoms. The SMILES string of the molecule is O=C(NCC(F)(F)F)Nc1ccc(Cl)c2cccnc12. The molecule has 1 aromatic carbocycles. The first-order valence-electron chi connectivity index (χ1n) is 5.51. The van der Waals surface area contributed by atoms with E-state index in [9.17, 15) is 18.0 Å². The van der Waals surface area contributed by atoms with Crippen molar-refractivity contribution >= 4 is 34.2 Å². The fourth-order valence-electron chi connectivity index (χ4n) is 1.59. The Morgan fingerprint density at radius 1 is 1.30 bits per heavy atom. The van der Waals surface area contributed by atoms with Crippen LogP contribution in [0.5, 0.6) is 0 Å². The molecule has 1 heterocycles.